The summed E-state index contributed by atoms with van der Waals surface area (Å²) in [6, 6.07) is 7.88. The highest BCUT2D eigenvalue weighted by Gasteiger charge is 2.35. The van der Waals surface area contributed by atoms with Crippen LogP contribution in [0.1, 0.15) is 33.3 Å². The average Bonchev–Trinajstić information content (AvgIpc) is 2.51. The molecule has 2 rings (SSSR count). The number of fused-ring (bicyclic) bond motifs is 1. The first-order valence-corrected chi connectivity index (χ1v) is 7.93. The number of carbonyl (C=O) groups excluding carboxylic acids is 1. The SMILES string of the molecule is CC(C)[C@@H](C(=O)N1Cc2ccccc2OC(C)(C)C1)N(C)C. The second kappa shape index (κ2) is 6.29. The van der Waals surface area contributed by atoms with Gasteiger partial charge in [-0.3, -0.25) is 9.69 Å². The minimum atomic E-state index is -0.393. The monoisotopic (exact) mass is 304 g/mol. The molecular weight excluding hydrogens is 276 g/mol. The molecule has 0 spiro atoms. The number of para-hydroxylation sites is 1. The summed E-state index contributed by atoms with van der Waals surface area (Å²) in [5.74, 6) is 1.33. The van der Waals surface area contributed by atoms with Crippen LogP contribution in [0.15, 0.2) is 24.3 Å². The van der Waals surface area contributed by atoms with Crippen LogP contribution in [-0.4, -0.2) is 48.0 Å². The van der Waals surface area contributed by atoms with Gasteiger partial charge >= 0.3 is 0 Å². The Labute approximate surface area is 134 Å². The smallest absolute Gasteiger partial charge is 0.240 e. The van der Waals surface area contributed by atoms with Gasteiger partial charge in [0, 0.05) is 12.1 Å². The molecule has 1 aliphatic rings. The van der Waals surface area contributed by atoms with Crippen molar-refractivity contribution in [3.63, 3.8) is 0 Å². The van der Waals surface area contributed by atoms with E-state index in [4.69, 9.17) is 4.74 Å². The number of rotatable bonds is 3. The van der Waals surface area contributed by atoms with Crippen LogP contribution in [0.25, 0.3) is 0 Å². The third-order valence-corrected chi connectivity index (χ3v) is 4.04. The van der Waals surface area contributed by atoms with Crippen LogP contribution in [-0.2, 0) is 11.3 Å². The number of likely N-dealkylation sites (N-methyl/N-ethyl adjacent to an activating group) is 1. The topological polar surface area (TPSA) is 32.8 Å². The molecule has 1 aromatic rings. The van der Waals surface area contributed by atoms with Gasteiger partial charge in [0.15, 0.2) is 0 Å². The Morgan fingerprint density at radius 2 is 1.91 bits per heavy atom. The van der Waals surface area contributed by atoms with Crippen LogP contribution in [0, 0.1) is 5.92 Å². The van der Waals surface area contributed by atoms with Crippen molar-refractivity contribution in [1.82, 2.24) is 9.80 Å². The van der Waals surface area contributed by atoms with Gasteiger partial charge in [0.2, 0.25) is 5.91 Å². The molecule has 1 aliphatic heterocycles. The average molecular weight is 304 g/mol. The Bertz CT molecular complexity index is 530. The quantitative estimate of drug-likeness (QED) is 0.861. The van der Waals surface area contributed by atoms with Gasteiger partial charge in [0.25, 0.3) is 0 Å². The Balaban J connectivity index is 2.33. The molecule has 0 aromatic heterocycles. The predicted molar refractivity (Wildman–Crippen MR) is 88.9 cm³/mol. The Morgan fingerprint density at radius 3 is 2.50 bits per heavy atom. The van der Waals surface area contributed by atoms with Gasteiger partial charge in [-0.1, -0.05) is 32.0 Å². The minimum absolute atomic E-state index is 0.110. The lowest BCUT2D eigenvalue weighted by Crippen LogP contribution is -2.52. The van der Waals surface area contributed by atoms with Crippen molar-refractivity contribution in [3.05, 3.63) is 29.8 Å². The lowest BCUT2D eigenvalue weighted by atomic mass is 10.0. The number of amides is 1. The molecule has 1 aromatic carbocycles. The van der Waals surface area contributed by atoms with Gasteiger partial charge in [-0.25, -0.2) is 0 Å². The van der Waals surface area contributed by atoms with Crippen molar-refractivity contribution >= 4 is 5.91 Å². The summed E-state index contributed by atoms with van der Waals surface area (Å²) in [6.45, 7) is 9.46. The largest absolute Gasteiger partial charge is 0.486 e. The van der Waals surface area contributed by atoms with Crippen LogP contribution in [0.3, 0.4) is 0 Å². The molecule has 1 atom stereocenters. The molecule has 0 bridgehead atoms. The Hall–Kier alpha value is -1.55. The highest BCUT2D eigenvalue weighted by Crippen LogP contribution is 2.30. The van der Waals surface area contributed by atoms with Crippen LogP contribution in [0.5, 0.6) is 5.75 Å². The fraction of sp³-hybridized carbons (Fsp3) is 0.611. The van der Waals surface area contributed by atoms with Gasteiger partial charge < -0.3 is 9.64 Å². The second-order valence-electron chi connectivity index (χ2n) is 7.32. The zero-order valence-corrected chi connectivity index (χ0v) is 14.6. The maximum Gasteiger partial charge on any atom is 0.240 e. The van der Waals surface area contributed by atoms with Crippen molar-refractivity contribution in [2.75, 3.05) is 20.6 Å². The van der Waals surface area contributed by atoms with E-state index in [9.17, 15) is 4.79 Å². The summed E-state index contributed by atoms with van der Waals surface area (Å²) >= 11 is 0. The molecule has 0 unspecified atom stereocenters. The van der Waals surface area contributed by atoms with Gasteiger partial charge in [0.1, 0.15) is 11.4 Å². The molecule has 122 valence electrons. The van der Waals surface area contributed by atoms with E-state index >= 15 is 0 Å². The Kier molecular flexibility index (Phi) is 4.81. The summed E-state index contributed by atoms with van der Waals surface area (Å²) < 4.78 is 6.12. The van der Waals surface area contributed by atoms with Crippen molar-refractivity contribution in [1.29, 1.82) is 0 Å². The summed E-state index contributed by atoms with van der Waals surface area (Å²) in [6.07, 6.45) is 0. The molecule has 22 heavy (non-hydrogen) atoms. The molecule has 4 nitrogen and oxygen atoms in total. The molecule has 0 radical (unpaired) electrons. The zero-order valence-electron chi connectivity index (χ0n) is 14.6. The van der Waals surface area contributed by atoms with Gasteiger partial charge in [-0.05, 0) is 39.9 Å². The van der Waals surface area contributed by atoms with E-state index in [0.717, 1.165) is 11.3 Å². The number of carbonyl (C=O) groups is 1. The van der Waals surface area contributed by atoms with E-state index in [2.05, 4.69) is 13.8 Å². The standard InChI is InChI=1S/C18H28N2O2/c1-13(2)16(19(5)6)17(21)20-11-14-9-7-8-10-15(14)22-18(3,4)12-20/h7-10,13,16H,11-12H2,1-6H3/t16-/m0/s1. The number of nitrogens with zero attached hydrogens (tertiary/aromatic N) is 2. The first-order valence-electron chi connectivity index (χ1n) is 7.93. The number of hydrogen-bond donors (Lipinski definition) is 0. The molecule has 0 fully saturated rings. The molecule has 4 heteroatoms. The highest BCUT2D eigenvalue weighted by atomic mass is 16.5. The fourth-order valence-corrected chi connectivity index (χ4v) is 3.23. The van der Waals surface area contributed by atoms with Crippen LogP contribution >= 0.6 is 0 Å². The van der Waals surface area contributed by atoms with Crippen molar-refractivity contribution in [2.45, 2.75) is 45.9 Å². The molecule has 0 saturated carbocycles. The van der Waals surface area contributed by atoms with E-state index in [1.54, 1.807) is 0 Å². The van der Waals surface area contributed by atoms with Crippen LogP contribution in [0.2, 0.25) is 0 Å². The highest BCUT2D eigenvalue weighted by molar-refractivity contribution is 5.82. The first-order chi connectivity index (χ1) is 10.2. The molecule has 0 aliphatic carbocycles. The minimum Gasteiger partial charge on any atom is -0.486 e. The maximum absolute atomic E-state index is 13.1. The third kappa shape index (κ3) is 3.61. The van der Waals surface area contributed by atoms with Crippen molar-refractivity contribution in [3.8, 4) is 5.75 Å². The van der Waals surface area contributed by atoms with Crippen molar-refractivity contribution in [2.24, 2.45) is 5.92 Å². The number of hydrogen-bond acceptors (Lipinski definition) is 3. The molecular formula is C18H28N2O2. The summed E-state index contributed by atoms with van der Waals surface area (Å²) in [7, 11) is 3.94. The fourth-order valence-electron chi connectivity index (χ4n) is 3.23. The van der Waals surface area contributed by atoms with E-state index < -0.39 is 5.60 Å². The van der Waals surface area contributed by atoms with Crippen LogP contribution in [0.4, 0.5) is 0 Å². The van der Waals surface area contributed by atoms with Crippen LogP contribution < -0.4 is 4.74 Å². The summed E-state index contributed by atoms with van der Waals surface area (Å²) in [4.78, 5) is 17.0. The van der Waals surface area contributed by atoms with Gasteiger partial charge in [0.05, 0.1) is 12.6 Å². The normalized spacial score (nSPS) is 18.6. The van der Waals surface area contributed by atoms with E-state index in [-0.39, 0.29) is 17.9 Å². The summed E-state index contributed by atoms with van der Waals surface area (Å²) in [5, 5.41) is 0. The Morgan fingerprint density at radius 1 is 1.27 bits per heavy atom. The lowest BCUT2D eigenvalue weighted by Gasteiger charge is -2.35. The first kappa shape index (κ1) is 16.8. The third-order valence-electron chi connectivity index (χ3n) is 4.04. The number of ether oxygens (including phenoxy) is 1. The zero-order chi connectivity index (χ0) is 16.5. The molecule has 0 saturated heterocycles. The molecule has 0 N–H and O–H groups in total. The number of benzene rings is 1. The second-order valence-corrected chi connectivity index (χ2v) is 7.32. The molecule has 1 heterocycles. The summed E-state index contributed by atoms with van der Waals surface area (Å²) in [5.41, 5.74) is 0.679. The van der Waals surface area contributed by atoms with E-state index in [1.807, 2.05) is 62.0 Å². The van der Waals surface area contributed by atoms with E-state index in [0.29, 0.717) is 13.1 Å². The van der Waals surface area contributed by atoms with Gasteiger partial charge in [-0.15, -0.1) is 0 Å². The predicted octanol–water partition coefficient (Wildman–Crippen LogP) is 2.77. The lowest BCUT2D eigenvalue weighted by molar-refractivity contribution is -0.140. The maximum atomic E-state index is 13.1. The van der Waals surface area contributed by atoms with Crippen molar-refractivity contribution < 1.29 is 9.53 Å². The van der Waals surface area contributed by atoms with Gasteiger partial charge in [-0.2, -0.15) is 0 Å². The molecule has 1 amide bonds. The van der Waals surface area contributed by atoms with E-state index in [1.165, 1.54) is 0 Å².